The van der Waals surface area contributed by atoms with E-state index in [2.05, 4.69) is 34.2 Å². The molecule has 0 saturated heterocycles. The van der Waals surface area contributed by atoms with E-state index in [1.807, 2.05) is 52.0 Å². The summed E-state index contributed by atoms with van der Waals surface area (Å²) in [6.07, 6.45) is -11.4. The Morgan fingerprint density at radius 1 is 0.609 bits per heavy atom. The van der Waals surface area contributed by atoms with Gasteiger partial charge in [0.15, 0.2) is 0 Å². The number of aryl methyl sites for hydroxylation is 6. The molecule has 1 aliphatic carbocycles. The van der Waals surface area contributed by atoms with Crippen LogP contribution in [0.5, 0.6) is 0 Å². The normalized spacial score (nSPS) is 16.7. The van der Waals surface area contributed by atoms with E-state index in [9.17, 15) is 21.7 Å². The van der Waals surface area contributed by atoms with Crippen molar-refractivity contribution in [2.75, 3.05) is 0 Å². The van der Waals surface area contributed by atoms with Crippen molar-refractivity contribution in [3.63, 3.8) is 0 Å². The summed E-state index contributed by atoms with van der Waals surface area (Å²) in [5.41, 5.74) is 3.83. The minimum atomic E-state index is -3.15. The Hall–Kier alpha value is -6.51. The van der Waals surface area contributed by atoms with Gasteiger partial charge in [-0.05, 0) is 148 Å². The van der Waals surface area contributed by atoms with Gasteiger partial charge in [0.1, 0.15) is 5.58 Å². The molecule has 0 atom stereocenters. The van der Waals surface area contributed by atoms with Crippen LogP contribution in [0.4, 0.5) is 0 Å². The molecule has 0 unspecified atom stereocenters. The van der Waals surface area contributed by atoms with Crippen molar-refractivity contribution < 1.29 is 41.0 Å². The number of rotatable bonds is 15. The molecular formula is C63H57IrN4O. The molecule has 1 saturated carbocycles. The average Bonchev–Trinajstić information content (AvgIpc) is 4.27. The maximum atomic E-state index is 9.99. The first kappa shape index (κ1) is 34.7. The fourth-order valence-electron chi connectivity index (χ4n) is 9.06. The van der Waals surface area contributed by atoms with Crippen LogP contribution < -0.4 is 0 Å². The molecule has 10 rings (SSSR count). The van der Waals surface area contributed by atoms with Gasteiger partial charge in [0, 0.05) is 40.4 Å². The Kier molecular flexibility index (Phi) is 10.8. The molecule has 0 radical (unpaired) electrons. The van der Waals surface area contributed by atoms with Crippen LogP contribution in [0.15, 0.2) is 138 Å². The molecule has 9 aromatic rings. The van der Waals surface area contributed by atoms with Gasteiger partial charge in [-0.15, -0.1) is 90.0 Å². The predicted octanol–water partition coefficient (Wildman–Crippen LogP) is 15.3. The Morgan fingerprint density at radius 3 is 1.70 bits per heavy atom. The van der Waals surface area contributed by atoms with Crippen LogP contribution in [0.1, 0.15) is 143 Å². The first-order valence-corrected chi connectivity index (χ1v) is 23.2. The molecule has 0 spiro atoms. The molecule has 6 heteroatoms. The van der Waals surface area contributed by atoms with E-state index in [1.54, 1.807) is 72.8 Å². The third-order valence-corrected chi connectivity index (χ3v) is 12.6. The molecule has 5 aromatic carbocycles. The van der Waals surface area contributed by atoms with Gasteiger partial charge in [-0.25, -0.2) is 0 Å². The number of nitriles is 1. The summed E-state index contributed by atoms with van der Waals surface area (Å²) in [6.45, 7) is 7.35. The van der Waals surface area contributed by atoms with Gasteiger partial charge < -0.3 is 19.4 Å². The molecule has 344 valence electrons. The van der Waals surface area contributed by atoms with Gasteiger partial charge in [0.05, 0.1) is 17.2 Å². The second-order valence-corrected chi connectivity index (χ2v) is 17.9. The summed E-state index contributed by atoms with van der Waals surface area (Å²) < 4.78 is 125. The summed E-state index contributed by atoms with van der Waals surface area (Å²) in [6, 6.07) is 42.9. The van der Waals surface area contributed by atoms with E-state index >= 15 is 0 Å². The molecule has 0 bridgehead atoms. The Labute approximate surface area is 438 Å². The van der Waals surface area contributed by atoms with E-state index in [-0.39, 0.29) is 54.5 Å². The van der Waals surface area contributed by atoms with Crippen molar-refractivity contribution in [2.24, 2.45) is 0 Å². The predicted molar refractivity (Wildman–Crippen MR) is 276 cm³/mol. The minimum Gasteiger partial charge on any atom is -0.501 e. The molecule has 69 heavy (non-hydrogen) atoms. The van der Waals surface area contributed by atoms with Crippen molar-refractivity contribution in [2.45, 2.75) is 109 Å². The fourth-order valence-corrected chi connectivity index (χ4v) is 9.06. The number of fused-ring (bicyclic) bond motifs is 3. The third kappa shape index (κ3) is 10.6. The smallest absolute Gasteiger partial charge is 0.501 e. The van der Waals surface area contributed by atoms with Crippen LogP contribution in [0.3, 0.4) is 0 Å². The molecule has 4 heterocycles. The summed E-state index contributed by atoms with van der Waals surface area (Å²) in [7, 11) is 0. The third-order valence-electron chi connectivity index (χ3n) is 12.6. The second-order valence-electron chi connectivity index (χ2n) is 17.9. The largest absolute Gasteiger partial charge is 3.00 e. The molecular weight excluding hydrogens is 1020 g/mol. The van der Waals surface area contributed by atoms with E-state index < -0.39 is 54.9 Å². The maximum Gasteiger partial charge on any atom is 3.00 e. The van der Waals surface area contributed by atoms with E-state index in [1.165, 1.54) is 18.6 Å². The van der Waals surface area contributed by atoms with Crippen LogP contribution in [0.2, 0.25) is 0 Å². The van der Waals surface area contributed by atoms with Gasteiger partial charge in [-0.1, -0.05) is 94.0 Å². The zero-order valence-electron chi connectivity index (χ0n) is 50.8. The van der Waals surface area contributed by atoms with E-state index in [4.69, 9.17) is 9.40 Å². The zero-order valence-corrected chi connectivity index (χ0v) is 41.2. The van der Waals surface area contributed by atoms with Gasteiger partial charge in [-0.2, -0.15) is 5.26 Å². The molecule has 0 amide bonds. The summed E-state index contributed by atoms with van der Waals surface area (Å²) in [5.74, 6) is -0.922. The monoisotopic (exact) mass is 1090 g/mol. The van der Waals surface area contributed by atoms with E-state index in [0.717, 1.165) is 41.8 Å². The second kappa shape index (κ2) is 21.4. The molecule has 1 aliphatic rings. The van der Waals surface area contributed by atoms with Gasteiger partial charge >= 0.3 is 20.1 Å². The van der Waals surface area contributed by atoms with Crippen molar-refractivity contribution in [1.82, 2.24) is 15.0 Å². The van der Waals surface area contributed by atoms with Crippen molar-refractivity contribution in [1.29, 1.82) is 5.26 Å². The first-order valence-electron chi connectivity index (χ1n) is 29.2. The summed E-state index contributed by atoms with van der Waals surface area (Å²) >= 11 is 0. The number of pyridine rings is 3. The fraction of sp³-hybridized carbons (Fsp3) is 0.270. The van der Waals surface area contributed by atoms with Crippen molar-refractivity contribution in [3.05, 3.63) is 208 Å². The molecule has 0 N–H and O–H groups in total. The maximum absolute atomic E-state index is 9.99. The van der Waals surface area contributed by atoms with Gasteiger partial charge in [0.2, 0.25) is 0 Å². The quantitative estimate of drug-likeness (QED) is 0.0956. The topological polar surface area (TPSA) is 75.6 Å². The van der Waals surface area contributed by atoms with Gasteiger partial charge in [0.25, 0.3) is 0 Å². The van der Waals surface area contributed by atoms with Gasteiger partial charge in [-0.3, -0.25) is 0 Å². The Bertz CT molecular complexity index is 3720. The van der Waals surface area contributed by atoms with Crippen LogP contribution in [0, 0.1) is 29.5 Å². The van der Waals surface area contributed by atoms with Crippen LogP contribution in [0.25, 0.3) is 55.7 Å². The number of aromatic nitrogens is 3. The summed E-state index contributed by atoms with van der Waals surface area (Å²) in [5, 5.41) is 11.1. The van der Waals surface area contributed by atoms with Crippen molar-refractivity contribution >= 4 is 21.9 Å². The summed E-state index contributed by atoms with van der Waals surface area (Å²) in [4.78, 5) is 13.9. The number of benzene rings is 5. The first-order chi connectivity index (χ1) is 37.8. The Morgan fingerprint density at radius 2 is 1.16 bits per heavy atom. The number of nitrogens with zero attached hydrogens (tertiary/aromatic N) is 4. The molecule has 1 fully saturated rings. The van der Waals surface area contributed by atoms with E-state index in [0.29, 0.717) is 80.0 Å². The van der Waals surface area contributed by atoms with Crippen LogP contribution in [-0.4, -0.2) is 15.0 Å². The average molecular weight is 1090 g/mol. The standard InChI is InChI=1S/C63H57N4O.Ir/c1-41(2)56-34-59(48-16-7-5-8-17-48)65-38-50(56)26-22-43-30-44(23-27-51-39-66-60(35-57(51)42(3)4)49-18-9-6-10-19-49)32-45(31-43)24-28-52-40-67-61(36-58(52)47-14-11-12-15-47)55-21-13-20-54-53-29-25-46(37-64)33-62(53)68-63(54)55;/h5-10,13,16,18,20,25,29-36,38-42,47H,11-12,14-15,22-24,26-28H2,1-4H3;/q-3;+3/i22D2,23D2,24D2,26D2,27D2,28D2;. The minimum absolute atomic E-state index is 0. The van der Waals surface area contributed by atoms with Crippen LogP contribution in [-0.2, 0) is 58.3 Å². The number of hydrogen-bond acceptors (Lipinski definition) is 5. The number of furan rings is 1. The van der Waals surface area contributed by atoms with Crippen LogP contribution >= 0.6 is 0 Å². The number of hydrogen-bond donors (Lipinski definition) is 0. The van der Waals surface area contributed by atoms with Crippen molar-refractivity contribution in [3.8, 4) is 39.8 Å². The molecule has 4 aromatic heterocycles. The Balaban J connectivity index is 0.00000792. The zero-order chi connectivity index (χ0) is 57.3. The SMILES string of the molecule is [2H]C([2H])(c1cc(C([2H])([2H])C([2H])([2H])c2cnc(-c3[c-]cccc3)cc2C(C)C)cc(C([2H])([2H])C([2H])([2H])c2cnc(-c3[c-]ccc4c3oc3cc(C#N)ccc34)cc2C2CCCC2)c1)C([2H])([2H])c1cnc(-c2[c-]cccc2)cc1C(C)C.[Ir+3]. The molecule has 0 aliphatic heterocycles. The molecule has 5 nitrogen and oxygen atoms in total.